The van der Waals surface area contributed by atoms with E-state index in [9.17, 15) is 26.4 Å². The highest BCUT2D eigenvalue weighted by atomic mass is 32.2. The van der Waals surface area contributed by atoms with E-state index in [4.69, 9.17) is 0 Å². The van der Waals surface area contributed by atoms with Crippen LogP contribution in [0.4, 0.5) is 18.9 Å². The number of Topliss-reactive ketones (excluding diaryl/α,β-unsaturated/α-hetero) is 1. The number of rotatable bonds is 6. The Balaban J connectivity index is 1.77. The van der Waals surface area contributed by atoms with E-state index >= 15 is 0 Å². The number of ether oxygens (including phenoxy) is 1. The van der Waals surface area contributed by atoms with Crippen LogP contribution in [-0.2, 0) is 10.0 Å². The molecular weight excluding hydrogens is 421 g/mol. The standard InChI is InChI=1S/C20H21F3N2O4S/c1-25-10-8-14(9-11-25)19(26)15-4-2-5-16(12-15)24-30(27,28)18-7-3-6-17(13-18)29-20(21,22)23/h2-7,12-14,24H,8-11H2,1H3. The SMILES string of the molecule is CN1CCC(C(=O)c2cccc(NS(=O)(=O)c3cccc(OC(F)(F)F)c3)c2)CC1. The van der Waals surface area contributed by atoms with Crippen molar-refractivity contribution in [1.29, 1.82) is 0 Å². The number of hydrogen-bond donors (Lipinski definition) is 1. The van der Waals surface area contributed by atoms with E-state index in [2.05, 4.69) is 14.4 Å². The van der Waals surface area contributed by atoms with Gasteiger partial charge in [0.2, 0.25) is 0 Å². The molecule has 0 saturated carbocycles. The molecule has 0 aromatic heterocycles. The Bertz CT molecular complexity index is 1020. The number of hydrogen-bond acceptors (Lipinski definition) is 5. The number of alkyl halides is 3. The molecule has 6 nitrogen and oxygen atoms in total. The lowest BCUT2D eigenvalue weighted by molar-refractivity contribution is -0.274. The third-order valence-electron chi connectivity index (χ3n) is 4.84. The van der Waals surface area contributed by atoms with Crippen LogP contribution >= 0.6 is 0 Å². The fourth-order valence-electron chi connectivity index (χ4n) is 3.29. The molecule has 0 radical (unpaired) electrons. The topological polar surface area (TPSA) is 75.7 Å². The van der Waals surface area contributed by atoms with E-state index in [1.807, 2.05) is 7.05 Å². The summed E-state index contributed by atoms with van der Waals surface area (Å²) in [6.07, 6.45) is -3.47. The molecule has 3 rings (SSSR count). The zero-order valence-electron chi connectivity index (χ0n) is 16.1. The van der Waals surface area contributed by atoms with Gasteiger partial charge in [-0.2, -0.15) is 0 Å². The first-order chi connectivity index (χ1) is 14.0. The van der Waals surface area contributed by atoms with Crippen LogP contribution in [0.25, 0.3) is 0 Å². The van der Waals surface area contributed by atoms with Crippen molar-refractivity contribution in [3.63, 3.8) is 0 Å². The second-order valence-electron chi connectivity index (χ2n) is 7.15. The van der Waals surface area contributed by atoms with E-state index in [0.717, 1.165) is 50.2 Å². The molecule has 0 unspecified atom stereocenters. The van der Waals surface area contributed by atoms with Gasteiger partial charge in [0.05, 0.1) is 4.90 Å². The predicted molar refractivity (Wildman–Crippen MR) is 105 cm³/mol. The smallest absolute Gasteiger partial charge is 0.406 e. The minimum absolute atomic E-state index is 0.0512. The molecule has 1 N–H and O–H groups in total. The molecule has 30 heavy (non-hydrogen) atoms. The first-order valence-electron chi connectivity index (χ1n) is 9.25. The van der Waals surface area contributed by atoms with Crippen molar-refractivity contribution >= 4 is 21.5 Å². The van der Waals surface area contributed by atoms with Crippen molar-refractivity contribution in [2.45, 2.75) is 24.1 Å². The van der Waals surface area contributed by atoms with Gasteiger partial charge in [-0.15, -0.1) is 13.2 Å². The Morgan fingerprint density at radius 3 is 2.43 bits per heavy atom. The molecule has 0 bridgehead atoms. The average molecular weight is 442 g/mol. The highest BCUT2D eigenvalue weighted by Crippen LogP contribution is 2.27. The maximum Gasteiger partial charge on any atom is 0.573 e. The van der Waals surface area contributed by atoms with E-state index in [1.165, 1.54) is 12.1 Å². The van der Waals surface area contributed by atoms with Gasteiger partial charge < -0.3 is 9.64 Å². The summed E-state index contributed by atoms with van der Waals surface area (Å²) in [6.45, 7) is 1.64. The van der Waals surface area contributed by atoms with Gasteiger partial charge in [0.15, 0.2) is 5.78 Å². The van der Waals surface area contributed by atoms with Crippen LogP contribution in [0.5, 0.6) is 5.75 Å². The summed E-state index contributed by atoms with van der Waals surface area (Å²) >= 11 is 0. The van der Waals surface area contributed by atoms with Crippen molar-refractivity contribution < 1.29 is 31.1 Å². The molecule has 1 aliphatic rings. The highest BCUT2D eigenvalue weighted by Gasteiger charge is 2.31. The number of nitrogens with one attached hydrogen (secondary N) is 1. The molecule has 1 fully saturated rings. The number of halogens is 3. The van der Waals surface area contributed by atoms with Crippen molar-refractivity contribution in [3.05, 3.63) is 54.1 Å². The third kappa shape index (κ3) is 5.73. The first kappa shape index (κ1) is 22.1. The fraction of sp³-hybridized carbons (Fsp3) is 0.350. The third-order valence-corrected chi connectivity index (χ3v) is 6.22. The number of nitrogens with zero attached hydrogens (tertiary/aromatic N) is 1. The number of likely N-dealkylation sites (tertiary alicyclic amines) is 1. The number of piperidine rings is 1. The van der Waals surface area contributed by atoms with Crippen molar-refractivity contribution in [3.8, 4) is 5.75 Å². The van der Waals surface area contributed by atoms with Crippen LogP contribution in [0.1, 0.15) is 23.2 Å². The number of carbonyl (C=O) groups excluding carboxylic acids is 1. The van der Waals surface area contributed by atoms with E-state index in [1.54, 1.807) is 12.1 Å². The maximum atomic E-state index is 12.8. The molecule has 0 atom stereocenters. The lowest BCUT2D eigenvalue weighted by atomic mass is 9.89. The maximum absolute atomic E-state index is 12.8. The molecular formula is C20H21F3N2O4S. The van der Waals surface area contributed by atoms with Gasteiger partial charge in [-0.25, -0.2) is 8.42 Å². The number of anilines is 1. The van der Waals surface area contributed by atoms with E-state index < -0.39 is 27.0 Å². The Morgan fingerprint density at radius 2 is 1.77 bits per heavy atom. The Kier molecular flexibility index (Phi) is 6.37. The van der Waals surface area contributed by atoms with Crippen LogP contribution in [0.15, 0.2) is 53.4 Å². The minimum atomic E-state index is -4.93. The molecule has 0 amide bonds. The van der Waals surface area contributed by atoms with E-state index in [0.29, 0.717) is 5.56 Å². The fourth-order valence-corrected chi connectivity index (χ4v) is 4.38. The summed E-state index contributed by atoms with van der Waals surface area (Å²) in [5.41, 5.74) is 0.537. The largest absolute Gasteiger partial charge is 0.573 e. The van der Waals surface area contributed by atoms with Crippen LogP contribution in [0.3, 0.4) is 0 Å². The van der Waals surface area contributed by atoms with Crippen LogP contribution < -0.4 is 9.46 Å². The van der Waals surface area contributed by atoms with Crippen LogP contribution in [0.2, 0.25) is 0 Å². The molecule has 10 heteroatoms. The van der Waals surface area contributed by atoms with Gasteiger partial charge in [-0.1, -0.05) is 18.2 Å². The average Bonchev–Trinajstić information content (AvgIpc) is 2.67. The minimum Gasteiger partial charge on any atom is -0.406 e. The Hall–Kier alpha value is -2.59. The van der Waals surface area contributed by atoms with Crippen molar-refractivity contribution in [2.24, 2.45) is 5.92 Å². The summed E-state index contributed by atoms with van der Waals surface area (Å²) in [5, 5.41) is 0. The Morgan fingerprint density at radius 1 is 1.10 bits per heavy atom. The molecule has 0 aliphatic carbocycles. The lowest BCUT2D eigenvalue weighted by Crippen LogP contribution is -2.33. The normalized spacial score (nSPS) is 16.3. The molecule has 2 aromatic carbocycles. The molecule has 2 aromatic rings. The molecule has 0 spiro atoms. The molecule has 162 valence electrons. The molecule has 1 heterocycles. The van der Waals surface area contributed by atoms with Gasteiger partial charge in [-0.3, -0.25) is 9.52 Å². The van der Waals surface area contributed by atoms with E-state index in [-0.39, 0.29) is 17.4 Å². The van der Waals surface area contributed by atoms with Gasteiger partial charge in [0.1, 0.15) is 5.75 Å². The summed E-state index contributed by atoms with van der Waals surface area (Å²) in [6, 6.07) is 10.2. The zero-order valence-corrected chi connectivity index (χ0v) is 17.0. The summed E-state index contributed by atoms with van der Waals surface area (Å²) in [5.74, 6) is -0.814. The molecule has 1 saturated heterocycles. The van der Waals surface area contributed by atoms with Crippen molar-refractivity contribution in [1.82, 2.24) is 4.90 Å². The van der Waals surface area contributed by atoms with Gasteiger partial charge in [-0.05, 0) is 57.2 Å². The first-order valence-corrected chi connectivity index (χ1v) is 10.7. The lowest BCUT2D eigenvalue weighted by Gasteiger charge is -2.28. The summed E-state index contributed by atoms with van der Waals surface area (Å²) < 4.78 is 68.4. The van der Waals surface area contributed by atoms with Crippen LogP contribution in [-0.4, -0.2) is 45.6 Å². The second-order valence-corrected chi connectivity index (χ2v) is 8.83. The van der Waals surface area contributed by atoms with Crippen LogP contribution in [0, 0.1) is 5.92 Å². The number of benzene rings is 2. The van der Waals surface area contributed by atoms with Gasteiger partial charge in [0, 0.05) is 23.2 Å². The monoisotopic (exact) mass is 442 g/mol. The summed E-state index contributed by atoms with van der Waals surface area (Å²) in [4.78, 5) is 14.5. The van der Waals surface area contributed by atoms with Gasteiger partial charge >= 0.3 is 6.36 Å². The zero-order chi connectivity index (χ0) is 21.9. The number of sulfonamides is 1. The predicted octanol–water partition coefficient (Wildman–Crippen LogP) is 3.91. The summed E-state index contributed by atoms with van der Waals surface area (Å²) in [7, 11) is -2.19. The second kappa shape index (κ2) is 8.65. The highest BCUT2D eigenvalue weighted by molar-refractivity contribution is 7.92. The number of ketones is 1. The molecule has 1 aliphatic heterocycles. The number of carbonyl (C=O) groups is 1. The quantitative estimate of drug-likeness (QED) is 0.687. The Labute approximate surface area is 172 Å². The van der Waals surface area contributed by atoms with Gasteiger partial charge in [0.25, 0.3) is 10.0 Å². The van der Waals surface area contributed by atoms with Crippen molar-refractivity contribution in [2.75, 3.05) is 24.9 Å².